The van der Waals surface area contributed by atoms with Gasteiger partial charge in [0, 0.05) is 0 Å². The van der Waals surface area contributed by atoms with Crippen molar-refractivity contribution < 1.29 is 7.79 Å². The Hall–Kier alpha value is -1.64. The summed E-state index contributed by atoms with van der Waals surface area (Å²) < 4.78 is 10.5. The van der Waals surface area contributed by atoms with Crippen molar-refractivity contribution in [2.24, 2.45) is 0 Å². The summed E-state index contributed by atoms with van der Waals surface area (Å²) >= 11 is 34.7. The normalized spacial score (nSPS) is 11.4. The van der Waals surface area contributed by atoms with Gasteiger partial charge in [0.1, 0.15) is 0 Å². The van der Waals surface area contributed by atoms with Crippen LogP contribution in [0.5, 0.6) is 11.5 Å². The van der Waals surface area contributed by atoms with Crippen molar-refractivity contribution >= 4 is 101 Å². The predicted molar refractivity (Wildman–Crippen MR) is 172 cm³/mol. The molecule has 0 unspecified atom stereocenters. The van der Waals surface area contributed by atoms with Crippen LogP contribution in [0.3, 0.4) is 0 Å². The van der Waals surface area contributed by atoms with Crippen LogP contribution < -0.4 is 12.1 Å². The number of halogens is 6. The Morgan fingerprint density at radius 1 is 0.525 bits per heavy atom. The van der Waals surface area contributed by atoms with Crippen LogP contribution in [0.25, 0.3) is 0 Å². The van der Waals surface area contributed by atoms with Crippen LogP contribution in [0.2, 0.25) is 30.1 Å². The summed E-state index contributed by atoms with van der Waals surface area (Å²) in [5.74, 6) is 0.0937. The zero-order valence-electron chi connectivity index (χ0n) is 20.6. The third kappa shape index (κ3) is 5.69. The van der Waals surface area contributed by atoms with Gasteiger partial charge in [0.2, 0.25) is 0 Å². The molecule has 0 amide bonds. The maximum absolute atomic E-state index is 10.9. The van der Waals surface area contributed by atoms with Gasteiger partial charge in [0.25, 0.3) is 0 Å². The second-order valence-electron chi connectivity index (χ2n) is 9.00. The second kappa shape index (κ2) is 12.7. The van der Waals surface area contributed by atoms with Gasteiger partial charge >= 0.3 is 271 Å². The van der Waals surface area contributed by atoms with Crippen LogP contribution in [-0.4, -0.2) is 26.7 Å². The molecule has 40 heavy (non-hydrogen) atoms. The van der Waals surface area contributed by atoms with Gasteiger partial charge in [-0.15, -0.1) is 0 Å². The fraction of sp³-hybridized carbons (Fsp3) is 0.0323. The molecule has 5 rings (SSSR count). The van der Waals surface area contributed by atoms with E-state index in [1.807, 2.05) is 54.6 Å². The van der Waals surface area contributed by atoms with Crippen LogP contribution in [0.4, 0.5) is 0 Å². The Morgan fingerprint density at radius 3 is 1.38 bits per heavy atom. The summed E-state index contributed by atoms with van der Waals surface area (Å²) in [7, 11) is 0. The number of phenols is 1. The van der Waals surface area contributed by atoms with Crippen LogP contribution in [0, 0.1) is 0 Å². The summed E-state index contributed by atoms with van der Waals surface area (Å²) in [4.78, 5) is 0. The number of phenolic OH excluding ortho intramolecular Hbond substituents is 1. The number of benzene rings is 5. The maximum atomic E-state index is 10.9. The van der Waals surface area contributed by atoms with Gasteiger partial charge in [-0.3, -0.25) is 0 Å². The molecule has 0 aliphatic rings. The van der Waals surface area contributed by atoms with Crippen molar-refractivity contribution in [3.8, 4) is 11.5 Å². The summed E-state index contributed by atoms with van der Waals surface area (Å²) in [6, 6.07) is 33.5. The monoisotopic (exact) mass is 842 g/mol. The third-order valence-corrected chi connectivity index (χ3v) is 24.2. The summed E-state index contributed by atoms with van der Waals surface area (Å²) in [5, 5.41) is 12.0. The number of rotatable bonds is 7. The Morgan fingerprint density at radius 2 is 0.925 bits per heavy atom. The topological polar surface area (TPSA) is 29.5 Å². The van der Waals surface area contributed by atoms with E-state index >= 15 is 0 Å². The number of hydrogen-bond acceptors (Lipinski definition) is 2. The van der Waals surface area contributed by atoms with Crippen molar-refractivity contribution in [3.63, 3.8) is 0 Å². The van der Waals surface area contributed by atoms with Gasteiger partial charge in [0.15, 0.2) is 0 Å². The van der Waals surface area contributed by atoms with E-state index in [2.05, 4.69) is 36.4 Å². The minimum atomic E-state index is -4.55. The van der Waals surface area contributed by atoms with Crippen LogP contribution in [0.15, 0.2) is 103 Å². The van der Waals surface area contributed by atoms with Crippen molar-refractivity contribution in [3.05, 3.63) is 144 Å². The van der Waals surface area contributed by atoms with Gasteiger partial charge in [-0.2, -0.15) is 0 Å². The summed E-state index contributed by atoms with van der Waals surface area (Å²) in [6.45, 7) is 0. The molecule has 0 fully saturated rings. The molecule has 0 atom stereocenters. The molecule has 0 saturated heterocycles. The molecular weight excluding hydrogens is 824 g/mol. The first-order valence-corrected chi connectivity index (χ1v) is 21.8. The van der Waals surface area contributed by atoms with Crippen molar-refractivity contribution in [2.75, 3.05) is 0 Å². The van der Waals surface area contributed by atoms with Gasteiger partial charge in [0.05, 0.1) is 0 Å². The van der Waals surface area contributed by atoms with Crippen LogP contribution in [0.1, 0.15) is 11.1 Å². The summed E-state index contributed by atoms with van der Waals surface area (Å²) in [5.41, 5.74) is 0.849. The molecule has 0 aromatic heterocycles. The SMILES string of the molecule is Oc1c(Cl)c(Cl)cc(Cl)c1Cc1c(Cl)cc(Cl)c(Cl)c1[O][Pb]([c]1ccccc1)([c]1ccccc1)[c]1ccccc1. The minimum absolute atomic E-state index is 0.00748. The average molecular weight is 844 g/mol. The molecule has 0 spiro atoms. The van der Waals surface area contributed by atoms with Crippen LogP contribution >= 0.6 is 69.6 Å². The first kappa shape index (κ1) is 29.8. The summed E-state index contributed by atoms with van der Waals surface area (Å²) in [6.07, 6.45) is 0.0644. The first-order valence-electron chi connectivity index (χ1n) is 12.1. The Balaban J connectivity index is 1.81. The molecule has 0 aliphatic carbocycles. The Labute approximate surface area is 268 Å². The molecule has 2 nitrogen and oxygen atoms in total. The predicted octanol–water partition coefficient (Wildman–Crippen LogP) is 8.95. The molecule has 1 N–H and O–H groups in total. The van der Waals surface area contributed by atoms with Crippen molar-refractivity contribution in [1.29, 1.82) is 0 Å². The zero-order valence-corrected chi connectivity index (χ0v) is 29.1. The van der Waals surface area contributed by atoms with Gasteiger partial charge < -0.3 is 0 Å². The van der Waals surface area contributed by atoms with E-state index in [4.69, 9.17) is 72.3 Å². The molecule has 0 saturated carbocycles. The molecule has 0 bridgehead atoms. The first-order chi connectivity index (χ1) is 19.2. The Kier molecular flexibility index (Phi) is 9.48. The molecule has 0 aliphatic heterocycles. The second-order valence-corrected chi connectivity index (χ2v) is 24.2. The van der Waals surface area contributed by atoms with E-state index in [9.17, 15) is 5.11 Å². The van der Waals surface area contributed by atoms with E-state index in [0.29, 0.717) is 21.9 Å². The van der Waals surface area contributed by atoms with E-state index in [1.54, 1.807) is 6.07 Å². The standard InChI is InChI=1S/C13H6Cl6O2.3C6H5.Pb/c14-6-2-8(16)10(18)12(20)4(6)1-5-7(15)3-9(17)11(19)13(5)21;3*1-2-4-6-5-3-1;/h2-3,20-21H,1H2;3*1-5H;/q;;;;+1/p-1. The van der Waals surface area contributed by atoms with Gasteiger partial charge in [-0.05, 0) is 0 Å². The van der Waals surface area contributed by atoms with Gasteiger partial charge in [-0.25, -0.2) is 0 Å². The quantitative estimate of drug-likeness (QED) is 0.131. The number of aromatic hydroxyl groups is 1. The van der Waals surface area contributed by atoms with E-state index in [1.165, 1.54) is 6.07 Å². The van der Waals surface area contributed by atoms with Crippen molar-refractivity contribution in [1.82, 2.24) is 0 Å². The van der Waals surface area contributed by atoms with E-state index in [0.717, 1.165) is 9.37 Å². The third-order valence-electron chi connectivity index (χ3n) is 6.62. The van der Waals surface area contributed by atoms with Gasteiger partial charge in [-0.1, -0.05) is 0 Å². The van der Waals surface area contributed by atoms with E-state index < -0.39 is 21.6 Å². The molecule has 0 radical (unpaired) electrons. The number of hydrogen-bond donors (Lipinski definition) is 1. The molecule has 0 heterocycles. The molecular formula is C31H20Cl6O2Pb. The Bertz CT molecular complexity index is 1570. The molecule has 5 aromatic carbocycles. The fourth-order valence-electron chi connectivity index (χ4n) is 4.70. The fourth-order valence-corrected chi connectivity index (χ4v) is 21.4. The molecule has 9 heteroatoms. The molecule has 202 valence electrons. The average Bonchev–Trinajstić information content (AvgIpc) is 2.97. The van der Waals surface area contributed by atoms with Crippen molar-refractivity contribution in [2.45, 2.75) is 6.42 Å². The van der Waals surface area contributed by atoms with E-state index in [-0.39, 0.29) is 37.3 Å². The van der Waals surface area contributed by atoms with Crippen LogP contribution in [-0.2, 0) is 6.42 Å². The molecule has 5 aromatic rings. The zero-order chi connectivity index (χ0) is 28.4.